The van der Waals surface area contributed by atoms with Gasteiger partial charge in [-0.3, -0.25) is 0 Å². The van der Waals surface area contributed by atoms with E-state index in [2.05, 4.69) is 9.97 Å². The highest BCUT2D eigenvalue weighted by molar-refractivity contribution is 5.85. The van der Waals surface area contributed by atoms with E-state index >= 15 is 0 Å². The second kappa shape index (κ2) is 5.23. The maximum Gasteiger partial charge on any atom is 0.225 e. The standard InChI is InChI=1S/C9H13FN4.ClH/c10-7-4-12-9(13-5-7)14-3-1-2-8(11)6-14;/h4-5,8H,1-3,6,11H2;1H. The van der Waals surface area contributed by atoms with Crippen molar-refractivity contribution >= 4 is 18.4 Å². The van der Waals surface area contributed by atoms with E-state index in [0.717, 1.165) is 25.9 Å². The van der Waals surface area contributed by atoms with Crippen molar-refractivity contribution in [1.29, 1.82) is 0 Å². The first kappa shape index (κ1) is 12.1. The molecule has 1 aromatic heterocycles. The summed E-state index contributed by atoms with van der Waals surface area (Å²) >= 11 is 0. The molecule has 15 heavy (non-hydrogen) atoms. The zero-order valence-corrected chi connectivity index (χ0v) is 9.08. The number of anilines is 1. The molecule has 0 saturated carbocycles. The fraction of sp³-hybridized carbons (Fsp3) is 0.556. The Bertz CT molecular complexity index is 305. The van der Waals surface area contributed by atoms with Gasteiger partial charge >= 0.3 is 0 Å². The Kier molecular flexibility index (Phi) is 4.23. The van der Waals surface area contributed by atoms with Gasteiger partial charge in [0.1, 0.15) is 0 Å². The van der Waals surface area contributed by atoms with Crippen LogP contribution in [-0.2, 0) is 0 Å². The lowest BCUT2D eigenvalue weighted by Gasteiger charge is -2.30. The summed E-state index contributed by atoms with van der Waals surface area (Å²) in [7, 11) is 0. The molecule has 2 N–H and O–H groups in total. The first-order chi connectivity index (χ1) is 6.75. The van der Waals surface area contributed by atoms with Gasteiger partial charge in [0.15, 0.2) is 5.82 Å². The molecule has 1 atom stereocenters. The Hall–Kier alpha value is -0.940. The maximum atomic E-state index is 12.6. The number of hydrogen-bond donors (Lipinski definition) is 1. The summed E-state index contributed by atoms with van der Waals surface area (Å²) in [5.41, 5.74) is 5.82. The van der Waals surface area contributed by atoms with E-state index in [-0.39, 0.29) is 18.4 Å². The third kappa shape index (κ3) is 3.00. The van der Waals surface area contributed by atoms with Gasteiger partial charge in [0.05, 0.1) is 12.4 Å². The van der Waals surface area contributed by atoms with Gasteiger partial charge < -0.3 is 10.6 Å². The zero-order chi connectivity index (χ0) is 9.97. The lowest BCUT2D eigenvalue weighted by atomic mass is 10.1. The average molecular weight is 233 g/mol. The van der Waals surface area contributed by atoms with E-state index in [4.69, 9.17) is 5.73 Å². The predicted octanol–water partition coefficient (Wildman–Crippen LogP) is 0.965. The van der Waals surface area contributed by atoms with E-state index in [1.165, 1.54) is 12.4 Å². The number of nitrogens with zero attached hydrogens (tertiary/aromatic N) is 3. The van der Waals surface area contributed by atoms with E-state index in [9.17, 15) is 4.39 Å². The van der Waals surface area contributed by atoms with Crippen LogP contribution in [0.4, 0.5) is 10.3 Å². The van der Waals surface area contributed by atoms with Gasteiger partial charge in [-0.1, -0.05) is 0 Å². The highest BCUT2D eigenvalue weighted by atomic mass is 35.5. The Morgan fingerprint density at radius 1 is 1.40 bits per heavy atom. The summed E-state index contributed by atoms with van der Waals surface area (Å²) in [6.45, 7) is 1.66. The van der Waals surface area contributed by atoms with Crippen molar-refractivity contribution in [3.63, 3.8) is 0 Å². The van der Waals surface area contributed by atoms with Crippen molar-refractivity contribution in [2.24, 2.45) is 5.73 Å². The summed E-state index contributed by atoms with van der Waals surface area (Å²) in [6, 6.07) is 0.178. The smallest absolute Gasteiger partial charge is 0.225 e. The van der Waals surface area contributed by atoms with Gasteiger partial charge in [0.25, 0.3) is 0 Å². The molecule has 1 aliphatic rings. The minimum atomic E-state index is -0.407. The van der Waals surface area contributed by atoms with Crippen molar-refractivity contribution in [3.8, 4) is 0 Å². The summed E-state index contributed by atoms with van der Waals surface area (Å²) < 4.78 is 12.6. The quantitative estimate of drug-likeness (QED) is 0.784. The molecule has 0 aromatic carbocycles. The van der Waals surface area contributed by atoms with E-state index in [1.54, 1.807) is 0 Å². The van der Waals surface area contributed by atoms with Crippen LogP contribution in [0.5, 0.6) is 0 Å². The Balaban J connectivity index is 0.00000112. The number of aromatic nitrogens is 2. The number of nitrogens with two attached hydrogens (primary N) is 1. The molecule has 0 aliphatic carbocycles. The molecule has 84 valence electrons. The SMILES string of the molecule is Cl.NC1CCCN(c2ncc(F)cn2)C1. The molecule has 0 spiro atoms. The average Bonchev–Trinajstić information content (AvgIpc) is 2.19. The number of halogens is 2. The zero-order valence-electron chi connectivity index (χ0n) is 8.27. The molecule has 1 aromatic rings. The van der Waals surface area contributed by atoms with Gasteiger partial charge in [-0.15, -0.1) is 12.4 Å². The van der Waals surface area contributed by atoms with Crippen LogP contribution in [-0.4, -0.2) is 29.1 Å². The topological polar surface area (TPSA) is 55.0 Å². The van der Waals surface area contributed by atoms with Crippen LogP contribution in [0.1, 0.15) is 12.8 Å². The summed E-state index contributed by atoms with van der Waals surface area (Å²) in [5.74, 6) is 0.164. The fourth-order valence-electron chi connectivity index (χ4n) is 1.66. The lowest BCUT2D eigenvalue weighted by Crippen LogP contribution is -2.43. The predicted molar refractivity (Wildman–Crippen MR) is 58.7 cm³/mol. The maximum absolute atomic E-state index is 12.6. The van der Waals surface area contributed by atoms with Crippen molar-refractivity contribution in [2.75, 3.05) is 18.0 Å². The van der Waals surface area contributed by atoms with E-state index < -0.39 is 5.82 Å². The van der Waals surface area contributed by atoms with Crippen molar-refractivity contribution in [2.45, 2.75) is 18.9 Å². The number of hydrogen-bond acceptors (Lipinski definition) is 4. The third-order valence-corrected chi connectivity index (χ3v) is 2.35. The van der Waals surface area contributed by atoms with Crippen LogP contribution in [0.2, 0.25) is 0 Å². The Morgan fingerprint density at radius 2 is 2.07 bits per heavy atom. The van der Waals surface area contributed by atoms with Crippen LogP contribution in [0.25, 0.3) is 0 Å². The van der Waals surface area contributed by atoms with E-state index in [1.807, 2.05) is 4.90 Å². The summed E-state index contributed by atoms with van der Waals surface area (Å²) in [4.78, 5) is 9.83. The molecule has 0 bridgehead atoms. The van der Waals surface area contributed by atoms with Gasteiger partial charge in [-0.2, -0.15) is 0 Å². The van der Waals surface area contributed by atoms with Crippen LogP contribution >= 0.6 is 12.4 Å². The largest absolute Gasteiger partial charge is 0.339 e. The minimum Gasteiger partial charge on any atom is -0.339 e. The van der Waals surface area contributed by atoms with Gasteiger partial charge in [0.2, 0.25) is 5.95 Å². The molecule has 2 rings (SSSR count). The lowest BCUT2D eigenvalue weighted by molar-refractivity contribution is 0.498. The molecular formula is C9H14ClFN4. The summed E-state index contributed by atoms with van der Waals surface area (Å²) in [6.07, 6.45) is 4.45. The minimum absolute atomic E-state index is 0. The third-order valence-electron chi connectivity index (χ3n) is 2.35. The monoisotopic (exact) mass is 232 g/mol. The molecule has 0 amide bonds. The Labute approximate surface area is 94.1 Å². The van der Waals surface area contributed by atoms with Gasteiger partial charge in [-0.05, 0) is 12.8 Å². The van der Waals surface area contributed by atoms with Crippen LogP contribution in [0.3, 0.4) is 0 Å². The van der Waals surface area contributed by atoms with Crippen LogP contribution < -0.4 is 10.6 Å². The first-order valence-corrected chi connectivity index (χ1v) is 4.74. The van der Waals surface area contributed by atoms with Crippen molar-refractivity contribution in [3.05, 3.63) is 18.2 Å². The van der Waals surface area contributed by atoms with Gasteiger partial charge in [-0.25, -0.2) is 14.4 Å². The number of piperidine rings is 1. The molecule has 1 fully saturated rings. The van der Waals surface area contributed by atoms with Gasteiger partial charge in [0, 0.05) is 19.1 Å². The summed E-state index contributed by atoms with van der Waals surface area (Å²) in [5, 5.41) is 0. The van der Waals surface area contributed by atoms with Crippen molar-refractivity contribution in [1.82, 2.24) is 9.97 Å². The molecule has 1 unspecified atom stereocenters. The van der Waals surface area contributed by atoms with E-state index in [0.29, 0.717) is 5.95 Å². The molecule has 1 aliphatic heterocycles. The molecular weight excluding hydrogens is 219 g/mol. The highest BCUT2D eigenvalue weighted by Crippen LogP contribution is 2.14. The molecule has 4 nitrogen and oxygen atoms in total. The highest BCUT2D eigenvalue weighted by Gasteiger charge is 2.18. The van der Waals surface area contributed by atoms with Crippen molar-refractivity contribution < 1.29 is 4.39 Å². The molecule has 6 heteroatoms. The van der Waals surface area contributed by atoms with Crippen LogP contribution in [0, 0.1) is 5.82 Å². The second-order valence-electron chi connectivity index (χ2n) is 3.55. The molecule has 0 radical (unpaired) electrons. The molecule has 1 saturated heterocycles. The molecule has 2 heterocycles. The normalized spacial score (nSPS) is 20.9. The fourth-order valence-corrected chi connectivity index (χ4v) is 1.66. The second-order valence-corrected chi connectivity index (χ2v) is 3.55. The van der Waals surface area contributed by atoms with Crippen LogP contribution in [0.15, 0.2) is 12.4 Å². The Morgan fingerprint density at radius 3 is 2.67 bits per heavy atom. The number of rotatable bonds is 1. The first-order valence-electron chi connectivity index (χ1n) is 4.74.